The molecule has 101 heavy (non-hydrogen) atoms. The van der Waals surface area contributed by atoms with Crippen molar-refractivity contribution in [3.8, 4) is 86.2 Å². The van der Waals surface area contributed by atoms with Crippen molar-refractivity contribution in [3.63, 3.8) is 0 Å². The monoisotopic (exact) mass is 1420 g/mol. The highest BCUT2D eigenvalue weighted by Crippen LogP contribution is 2.41. The number of aromatic hydroxyl groups is 15. The summed E-state index contributed by atoms with van der Waals surface area (Å²) in [6.45, 7) is 15.3. The molecule has 3 atom stereocenters. The van der Waals surface area contributed by atoms with Crippen LogP contribution in [0.4, 0.5) is 4.79 Å². The normalized spacial score (nSPS) is 13.7. The average Bonchev–Trinajstić information content (AvgIpc) is 0.885. The lowest BCUT2D eigenvalue weighted by Gasteiger charge is -2.34. The first-order valence-corrected chi connectivity index (χ1v) is 31.8. The van der Waals surface area contributed by atoms with Gasteiger partial charge in [-0.25, -0.2) is 4.79 Å². The molecule has 5 aromatic rings. The molecule has 32 nitrogen and oxygen atoms in total. The molecule has 0 radical (unpaired) electrons. The van der Waals surface area contributed by atoms with Crippen LogP contribution in [-0.2, 0) is 60.9 Å². The molecule has 0 bridgehead atoms. The number of nitrogens with one attached hydrogen (secondary N) is 8. The van der Waals surface area contributed by atoms with E-state index < -0.39 is 57.9 Å². The van der Waals surface area contributed by atoms with Crippen molar-refractivity contribution in [1.29, 1.82) is 0 Å². The smallest absolute Gasteiger partial charge is 0.318 e. The molecule has 32 heteroatoms. The number of piperidine rings is 2. The van der Waals surface area contributed by atoms with Crippen molar-refractivity contribution < 1.29 is 110 Å². The summed E-state index contributed by atoms with van der Waals surface area (Å²) in [4.78, 5) is 82.6. The number of carbonyl (C=O) groups is 7. The van der Waals surface area contributed by atoms with Gasteiger partial charge in [0.1, 0.15) is 0 Å². The lowest BCUT2D eigenvalue weighted by Crippen LogP contribution is -2.51. The largest absolute Gasteiger partial charge is 0.504 e. The van der Waals surface area contributed by atoms with E-state index in [1.165, 1.54) is 68.6 Å². The minimum absolute atomic E-state index is 0. The maximum atomic E-state index is 12.2. The highest BCUT2D eigenvalue weighted by Gasteiger charge is 2.30. The number of carbonyl (C=O) groups excluding carboxylic acids is 7. The van der Waals surface area contributed by atoms with Gasteiger partial charge in [-0.1, -0.05) is 57.8 Å². The van der Waals surface area contributed by atoms with Crippen LogP contribution in [0.1, 0.15) is 101 Å². The van der Waals surface area contributed by atoms with Gasteiger partial charge in [0, 0.05) is 76.2 Å². The molecule has 0 saturated carbocycles. The van der Waals surface area contributed by atoms with Crippen molar-refractivity contribution >= 4 is 41.4 Å². The molecule has 0 aromatic heterocycles. The number of urea groups is 1. The zero-order valence-electron chi connectivity index (χ0n) is 56.2. The Labute approximate surface area is 584 Å². The molecule has 2 heterocycles. The molecular weight excluding hydrogens is 1320 g/mol. The number of phenols is 15. The molecule has 2 unspecified atom stereocenters. The highest BCUT2D eigenvalue weighted by atomic mass is 16.4. The predicted octanol–water partition coefficient (Wildman–Crippen LogP) is 3.49. The van der Waals surface area contributed by atoms with Crippen molar-refractivity contribution in [2.24, 2.45) is 11.7 Å². The van der Waals surface area contributed by atoms with Gasteiger partial charge in [-0.05, 0) is 131 Å². The fourth-order valence-corrected chi connectivity index (χ4v) is 9.46. The average molecular weight is 1420 g/mol. The number of phenolic OH excluding ortho intramolecular Hbond substituents is 15. The topological polar surface area (TPSA) is 548 Å². The van der Waals surface area contributed by atoms with E-state index in [1.807, 2.05) is 13.8 Å². The Hall–Kier alpha value is -11.6. The molecule has 0 aliphatic carbocycles. The summed E-state index contributed by atoms with van der Waals surface area (Å²) >= 11 is 0. The van der Waals surface area contributed by atoms with Gasteiger partial charge in [0.05, 0.1) is 31.0 Å². The number of benzene rings is 5. The standard InChI is InChI=1S/C16H22N2O5.C15H20N2O4.C14H20N2O4.C12H18N2O4.C11H14N2O5.CH4/c1-10(19)12-4-2-3-9-18(12)16(23)17-8-7-11-5-6-13(20)15(22)14(11)21;1-9-2-3-11(8-17-9)15(21)16-7-6-10-4-5-12(18)14(20)13(10)19;1-9(2)15-8-6-12(18)16-7-5-10-3-4-11(17)14(20)13(10)19;1-2-8(13)12(18)14-6-5-7-3-4-9(15)11(17)10(7)16;1-12-9(16)5-13-8(15)4-6-2-3-7(14)11(18)10(6)17;/h5-6,12,20-22H,2-4,7-9H2,1H3,(H,17,23);4-5,11,17-20H,1-3,6-8H2,(H,16,21);3-4,15,17,19-20H,1,5-8H2,2H3,(H,16,18);3-4,8,15-17H,2,5-6,13H2,1H3,(H,14,18);2-3,14,17-18H,4-5H2,1H3,(H,12,16)(H,13,15);1H4/t;;;8-;;/m...0../s1. The third-order valence-electron chi connectivity index (χ3n) is 15.5. The molecule has 5 aromatic carbocycles. The van der Waals surface area contributed by atoms with E-state index >= 15 is 0 Å². The number of ketones is 1. The molecule has 2 aliphatic rings. The molecule has 0 spiro atoms. The lowest BCUT2D eigenvalue weighted by atomic mass is 9.97. The third-order valence-corrected chi connectivity index (χ3v) is 15.5. The summed E-state index contributed by atoms with van der Waals surface area (Å²) in [6, 6.07) is 12.4. The van der Waals surface area contributed by atoms with Crippen LogP contribution < -0.4 is 48.3 Å². The second-order valence-corrected chi connectivity index (χ2v) is 23.0. The highest BCUT2D eigenvalue weighted by molar-refractivity contribution is 5.88. The number of rotatable bonds is 24. The van der Waals surface area contributed by atoms with Crippen molar-refractivity contribution in [1.82, 2.24) is 47.4 Å². The Balaban J connectivity index is 0.000000430. The Morgan fingerprint density at radius 3 is 1.35 bits per heavy atom. The van der Waals surface area contributed by atoms with Crippen LogP contribution in [0.5, 0.6) is 86.2 Å². The maximum absolute atomic E-state index is 12.2. The van der Waals surface area contributed by atoms with Crippen LogP contribution in [0.2, 0.25) is 0 Å². The van der Waals surface area contributed by atoms with Crippen LogP contribution in [-0.4, -0.2) is 194 Å². The van der Waals surface area contributed by atoms with Crippen LogP contribution in [0, 0.1) is 5.92 Å². The first-order chi connectivity index (χ1) is 47.2. The first kappa shape index (κ1) is 85.5. The van der Waals surface area contributed by atoms with E-state index in [0.717, 1.165) is 43.1 Å². The van der Waals surface area contributed by atoms with Gasteiger partial charge in [0.25, 0.3) is 0 Å². The zero-order valence-corrected chi connectivity index (χ0v) is 56.2. The quantitative estimate of drug-likeness (QED) is 0.0393. The van der Waals surface area contributed by atoms with Crippen molar-refractivity contribution in [3.05, 3.63) is 113 Å². The molecule has 7 rings (SSSR count). The Morgan fingerprint density at radius 2 is 0.941 bits per heavy atom. The number of likely N-dealkylation sites (N-methyl/N-ethyl adjacent to an activating group) is 1. The Morgan fingerprint density at radius 1 is 0.525 bits per heavy atom. The molecule has 2 saturated heterocycles. The van der Waals surface area contributed by atoms with Gasteiger partial charge in [0.2, 0.25) is 58.3 Å². The molecule has 556 valence electrons. The summed E-state index contributed by atoms with van der Waals surface area (Å²) in [5.41, 5.74) is 9.25. The van der Waals surface area contributed by atoms with Crippen molar-refractivity contribution in [2.75, 3.05) is 59.4 Å². The molecular formula is C69H98N10O22. The number of hydrogen-bond acceptors (Lipinski definition) is 25. The second-order valence-electron chi connectivity index (χ2n) is 23.0. The van der Waals surface area contributed by atoms with Crippen LogP contribution in [0.3, 0.4) is 0 Å². The fraction of sp³-hybridized carbons (Fsp3) is 0.406. The maximum Gasteiger partial charge on any atom is 0.318 e. The van der Waals surface area contributed by atoms with Gasteiger partial charge >= 0.3 is 6.03 Å². The van der Waals surface area contributed by atoms with E-state index in [9.17, 15) is 99.9 Å². The summed E-state index contributed by atoms with van der Waals surface area (Å²) in [7, 11) is 1.44. The van der Waals surface area contributed by atoms with Gasteiger partial charge in [-0.2, -0.15) is 0 Å². The molecule has 7 amide bonds. The number of amides is 7. The molecule has 25 N–H and O–H groups in total. The lowest BCUT2D eigenvalue weighted by molar-refractivity contribution is -0.125. The third kappa shape index (κ3) is 28.1. The minimum atomic E-state index is -0.674. The van der Waals surface area contributed by atoms with Gasteiger partial charge in [0.15, 0.2) is 63.3 Å². The fourth-order valence-electron chi connectivity index (χ4n) is 9.46. The Kier molecular flexibility index (Phi) is 36.4. The van der Waals surface area contributed by atoms with E-state index in [4.69, 9.17) is 15.9 Å². The van der Waals surface area contributed by atoms with Gasteiger partial charge < -0.3 is 130 Å². The number of nitrogens with two attached hydrogens (primary N) is 1. The van der Waals surface area contributed by atoms with Gasteiger partial charge in [-0.15, -0.1) is 0 Å². The van der Waals surface area contributed by atoms with Crippen LogP contribution >= 0.6 is 0 Å². The number of allylic oxidation sites excluding steroid dienone is 2. The van der Waals surface area contributed by atoms with E-state index in [2.05, 4.69) is 55.7 Å². The molecule has 2 aliphatic heterocycles. The van der Waals surface area contributed by atoms with E-state index in [-0.39, 0.29) is 120 Å². The summed E-state index contributed by atoms with van der Waals surface area (Å²) < 4.78 is 0. The number of Topliss-reactive ketones (excluding diaryl/α,β-unsaturated/α-hetero) is 1. The predicted molar refractivity (Wildman–Crippen MR) is 373 cm³/mol. The number of nitrogens with zero attached hydrogens (tertiary/aromatic N) is 1. The second kappa shape index (κ2) is 43.0. The van der Waals surface area contributed by atoms with E-state index in [1.54, 1.807) is 4.90 Å². The summed E-state index contributed by atoms with van der Waals surface area (Å²) in [6.07, 6.45) is 6.12. The van der Waals surface area contributed by atoms with Crippen LogP contribution in [0.25, 0.3) is 0 Å². The SMILES string of the molecule is C.C=C(C)NCCC(=O)NCCc1ccc(O)c(O)c1O.C=C1CCC(C(=O)NCCc2ccc(O)c(O)c2O)CN1.CC(=O)C1CCCCN1C(=O)NCCc1ccc(O)c(O)c1O.CC[C@H](N)C(=O)NCCc1ccc(O)c(O)c1O.CNC(=O)CNC(=O)Cc1ccc(O)c(O)c1O. The first-order valence-electron chi connectivity index (χ1n) is 31.8. The zero-order chi connectivity index (χ0) is 74.9. The number of likely N-dealkylation sites (tertiary alicyclic amines) is 1. The van der Waals surface area contributed by atoms with E-state index in [0.29, 0.717) is 106 Å². The number of hydrogen-bond donors (Lipinski definition) is 24. The van der Waals surface area contributed by atoms with Crippen molar-refractivity contribution in [2.45, 2.75) is 117 Å². The summed E-state index contributed by atoms with van der Waals surface area (Å²) in [5.74, 6) is -8.18. The Bertz CT molecular complexity index is 3640. The molecule has 2 fully saturated rings. The van der Waals surface area contributed by atoms with Gasteiger partial charge in [-0.3, -0.25) is 28.8 Å². The van der Waals surface area contributed by atoms with Crippen LogP contribution in [0.15, 0.2) is 85.2 Å². The summed E-state index contributed by atoms with van der Waals surface area (Å²) in [5, 5.41) is 162. The minimum Gasteiger partial charge on any atom is -0.504 e.